The lowest BCUT2D eigenvalue weighted by Gasteiger charge is -2.32. The Bertz CT molecular complexity index is 994. The van der Waals surface area contributed by atoms with Gasteiger partial charge in [-0.25, -0.2) is 8.42 Å². The van der Waals surface area contributed by atoms with Gasteiger partial charge in [-0.3, -0.25) is 13.9 Å². The Morgan fingerprint density at radius 3 is 2.16 bits per heavy atom. The standard InChI is InChI=1S/C23H31N3O5S/c1-5-21(23(28)24-3)25(16-18-10-8-7-9-11-18)22(27)17-26(32(4,29)30)19-12-14-20(15-13-19)31-6-2/h7-15,21H,5-6,16-17H2,1-4H3,(H,24,28)/t21-/m1/s1. The molecule has 1 N–H and O–H groups in total. The summed E-state index contributed by atoms with van der Waals surface area (Å²) in [6.07, 6.45) is 1.44. The van der Waals surface area contributed by atoms with Crippen LogP contribution in [0.3, 0.4) is 0 Å². The highest BCUT2D eigenvalue weighted by Crippen LogP contribution is 2.22. The summed E-state index contributed by atoms with van der Waals surface area (Å²) in [7, 11) is -2.25. The van der Waals surface area contributed by atoms with Gasteiger partial charge in [0.05, 0.1) is 18.6 Å². The third-order valence-electron chi connectivity index (χ3n) is 4.94. The quantitative estimate of drug-likeness (QED) is 0.554. The molecule has 0 aliphatic carbocycles. The van der Waals surface area contributed by atoms with Crippen LogP contribution in [0.15, 0.2) is 54.6 Å². The second kappa shape index (κ2) is 11.5. The lowest BCUT2D eigenvalue weighted by Crippen LogP contribution is -2.51. The van der Waals surface area contributed by atoms with E-state index in [1.54, 1.807) is 24.3 Å². The fraction of sp³-hybridized carbons (Fsp3) is 0.391. The molecular weight excluding hydrogens is 430 g/mol. The molecule has 9 heteroatoms. The molecular formula is C23H31N3O5S. The summed E-state index contributed by atoms with van der Waals surface area (Å²) in [5.41, 5.74) is 1.19. The van der Waals surface area contributed by atoms with E-state index in [9.17, 15) is 18.0 Å². The highest BCUT2D eigenvalue weighted by atomic mass is 32.2. The van der Waals surface area contributed by atoms with E-state index in [-0.39, 0.29) is 12.5 Å². The third-order valence-corrected chi connectivity index (χ3v) is 6.08. The second-order valence-corrected chi connectivity index (χ2v) is 9.15. The number of likely N-dealkylation sites (N-methyl/N-ethyl adjacent to an activating group) is 1. The van der Waals surface area contributed by atoms with Crippen LogP contribution in [-0.2, 0) is 26.2 Å². The molecule has 0 aromatic heterocycles. The number of rotatable bonds is 11. The second-order valence-electron chi connectivity index (χ2n) is 7.24. The maximum absolute atomic E-state index is 13.4. The molecule has 0 spiro atoms. The van der Waals surface area contributed by atoms with Gasteiger partial charge in [0.25, 0.3) is 0 Å². The summed E-state index contributed by atoms with van der Waals surface area (Å²) in [6.45, 7) is 3.92. The van der Waals surface area contributed by atoms with E-state index in [2.05, 4.69) is 5.32 Å². The van der Waals surface area contributed by atoms with Crippen LogP contribution in [0.2, 0.25) is 0 Å². The molecule has 0 unspecified atom stereocenters. The molecule has 0 radical (unpaired) electrons. The first-order valence-corrected chi connectivity index (χ1v) is 12.3. The van der Waals surface area contributed by atoms with Gasteiger partial charge in [0.2, 0.25) is 21.8 Å². The lowest BCUT2D eigenvalue weighted by atomic mass is 10.1. The van der Waals surface area contributed by atoms with Crippen molar-refractivity contribution in [2.24, 2.45) is 0 Å². The van der Waals surface area contributed by atoms with Gasteiger partial charge in [-0.15, -0.1) is 0 Å². The molecule has 0 heterocycles. The van der Waals surface area contributed by atoms with Gasteiger partial charge in [-0.1, -0.05) is 37.3 Å². The SMILES string of the molecule is CCOc1ccc(N(CC(=O)N(Cc2ccccc2)[C@H](CC)C(=O)NC)S(C)(=O)=O)cc1. The van der Waals surface area contributed by atoms with E-state index in [0.717, 1.165) is 16.1 Å². The van der Waals surface area contributed by atoms with Crippen LogP contribution in [0.1, 0.15) is 25.8 Å². The molecule has 0 saturated heterocycles. The first-order chi connectivity index (χ1) is 15.2. The molecule has 8 nitrogen and oxygen atoms in total. The Balaban J connectivity index is 2.37. The molecule has 2 aromatic rings. The Labute approximate surface area is 190 Å². The van der Waals surface area contributed by atoms with E-state index in [1.165, 1.54) is 11.9 Å². The van der Waals surface area contributed by atoms with Crippen molar-refractivity contribution in [2.45, 2.75) is 32.9 Å². The van der Waals surface area contributed by atoms with Crippen molar-refractivity contribution in [3.8, 4) is 5.75 Å². The zero-order chi connectivity index (χ0) is 23.7. The van der Waals surface area contributed by atoms with Gasteiger partial charge in [0.1, 0.15) is 18.3 Å². The van der Waals surface area contributed by atoms with Crippen LogP contribution >= 0.6 is 0 Å². The van der Waals surface area contributed by atoms with Crippen molar-refractivity contribution in [1.82, 2.24) is 10.2 Å². The Morgan fingerprint density at radius 1 is 1.03 bits per heavy atom. The number of nitrogens with one attached hydrogen (secondary N) is 1. The summed E-state index contributed by atoms with van der Waals surface area (Å²) in [4.78, 5) is 27.3. The van der Waals surface area contributed by atoms with Crippen LogP contribution in [0.5, 0.6) is 5.75 Å². The summed E-state index contributed by atoms with van der Waals surface area (Å²) in [5, 5.41) is 2.59. The fourth-order valence-electron chi connectivity index (χ4n) is 3.36. The molecule has 32 heavy (non-hydrogen) atoms. The van der Waals surface area contributed by atoms with Crippen LogP contribution < -0.4 is 14.4 Å². The minimum atomic E-state index is -3.76. The number of carbonyl (C=O) groups excluding carboxylic acids is 2. The van der Waals surface area contributed by atoms with Crippen molar-refractivity contribution in [3.05, 3.63) is 60.2 Å². The average molecular weight is 462 g/mol. The number of carbonyl (C=O) groups is 2. The van der Waals surface area contributed by atoms with Crippen molar-refractivity contribution in [1.29, 1.82) is 0 Å². The number of benzene rings is 2. The summed E-state index contributed by atoms with van der Waals surface area (Å²) in [5.74, 6) is -0.167. The van der Waals surface area contributed by atoms with E-state index in [1.807, 2.05) is 44.2 Å². The summed E-state index contributed by atoms with van der Waals surface area (Å²) < 4.78 is 31.5. The van der Waals surface area contributed by atoms with Crippen molar-refractivity contribution >= 4 is 27.5 Å². The first kappa shape index (κ1) is 25.2. The summed E-state index contributed by atoms with van der Waals surface area (Å²) >= 11 is 0. The summed E-state index contributed by atoms with van der Waals surface area (Å²) in [6, 6.07) is 15.1. The molecule has 0 aliphatic heterocycles. The molecule has 1 atom stereocenters. The topological polar surface area (TPSA) is 96.0 Å². The monoisotopic (exact) mass is 461 g/mol. The Hall–Kier alpha value is -3.07. The lowest BCUT2D eigenvalue weighted by molar-refractivity contribution is -0.140. The van der Waals surface area contributed by atoms with Gasteiger partial charge in [0, 0.05) is 13.6 Å². The Morgan fingerprint density at radius 2 is 1.66 bits per heavy atom. The van der Waals surface area contributed by atoms with Gasteiger partial charge < -0.3 is 15.0 Å². The van der Waals surface area contributed by atoms with E-state index in [0.29, 0.717) is 24.5 Å². The van der Waals surface area contributed by atoms with Gasteiger partial charge in [0.15, 0.2) is 0 Å². The third kappa shape index (κ3) is 6.71. The van der Waals surface area contributed by atoms with Crippen molar-refractivity contribution < 1.29 is 22.7 Å². The highest BCUT2D eigenvalue weighted by Gasteiger charge is 2.31. The van der Waals surface area contributed by atoms with Crippen molar-refractivity contribution in [3.63, 3.8) is 0 Å². The molecule has 0 saturated carbocycles. The molecule has 2 aromatic carbocycles. The number of anilines is 1. The van der Waals surface area contributed by atoms with E-state index >= 15 is 0 Å². The molecule has 0 aliphatic rings. The maximum atomic E-state index is 13.4. The minimum Gasteiger partial charge on any atom is -0.494 e. The molecule has 174 valence electrons. The van der Waals surface area contributed by atoms with Crippen LogP contribution in [0, 0.1) is 0 Å². The van der Waals surface area contributed by atoms with Crippen LogP contribution in [0.4, 0.5) is 5.69 Å². The zero-order valence-electron chi connectivity index (χ0n) is 18.9. The number of hydrogen-bond acceptors (Lipinski definition) is 5. The Kier molecular flexibility index (Phi) is 9.07. The molecule has 0 bridgehead atoms. The van der Waals surface area contributed by atoms with E-state index < -0.39 is 28.5 Å². The largest absolute Gasteiger partial charge is 0.494 e. The minimum absolute atomic E-state index is 0.187. The molecule has 2 amide bonds. The number of amides is 2. The van der Waals surface area contributed by atoms with Crippen molar-refractivity contribution in [2.75, 3.05) is 30.8 Å². The smallest absolute Gasteiger partial charge is 0.244 e. The molecule has 0 fully saturated rings. The average Bonchev–Trinajstić information content (AvgIpc) is 2.77. The number of sulfonamides is 1. The number of hydrogen-bond donors (Lipinski definition) is 1. The normalized spacial score (nSPS) is 12.0. The highest BCUT2D eigenvalue weighted by molar-refractivity contribution is 7.92. The zero-order valence-corrected chi connectivity index (χ0v) is 19.8. The predicted molar refractivity (Wildman–Crippen MR) is 125 cm³/mol. The predicted octanol–water partition coefficient (Wildman–Crippen LogP) is 2.40. The van der Waals surface area contributed by atoms with E-state index in [4.69, 9.17) is 4.74 Å². The number of nitrogens with zero attached hydrogens (tertiary/aromatic N) is 2. The van der Waals surface area contributed by atoms with Crippen LogP contribution in [-0.4, -0.2) is 57.6 Å². The van der Waals surface area contributed by atoms with Gasteiger partial charge in [-0.2, -0.15) is 0 Å². The van der Waals surface area contributed by atoms with Crippen LogP contribution in [0.25, 0.3) is 0 Å². The maximum Gasteiger partial charge on any atom is 0.244 e. The first-order valence-electron chi connectivity index (χ1n) is 10.5. The van der Waals surface area contributed by atoms with Gasteiger partial charge in [-0.05, 0) is 43.2 Å². The van der Waals surface area contributed by atoms with Gasteiger partial charge >= 0.3 is 0 Å². The molecule has 2 rings (SSSR count). The fourth-order valence-corrected chi connectivity index (χ4v) is 4.20. The number of ether oxygens (including phenoxy) is 1.